The fraction of sp³-hybridized carbons (Fsp3) is 0.444. The first-order chi connectivity index (χ1) is 11.2. The van der Waals surface area contributed by atoms with E-state index in [0.29, 0.717) is 6.54 Å². The smallest absolute Gasteiger partial charge is 0.123 e. The number of morpholine rings is 1. The third kappa shape index (κ3) is 5.05. The van der Waals surface area contributed by atoms with E-state index < -0.39 is 0 Å². The maximum absolute atomic E-state index is 13.6. The molecule has 24 heavy (non-hydrogen) atoms. The predicted molar refractivity (Wildman–Crippen MR) is 93.9 cm³/mol. The second-order valence-electron chi connectivity index (χ2n) is 5.86. The summed E-state index contributed by atoms with van der Waals surface area (Å²) in [6, 6.07) is 10.9. The Bertz CT molecular complexity index is 629. The van der Waals surface area contributed by atoms with Crippen LogP contribution in [0.3, 0.4) is 0 Å². The van der Waals surface area contributed by atoms with Gasteiger partial charge in [-0.25, -0.2) is 4.39 Å². The summed E-state index contributed by atoms with van der Waals surface area (Å²) in [6.45, 7) is 6.53. The molecule has 1 N–H and O–H groups in total. The first kappa shape index (κ1) is 18.9. The quantitative estimate of drug-likeness (QED) is 0.863. The summed E-state index contributed by atoms with van der Waals surface area (Å²) >= 11 is 0. The molecule has 132 valence electrons. The van der Waals surface area contributed by atoms with Crippen molar-refractivity contribution in [1.82, 2.24) is 10.2 Å². The molecule has 1 atom stereocenters. The second kappa shape index (κ2) is 9.18. The zero-order valence-corrected chi connectivity index (χ0v) is 14.7. The lowest BCUT2D eigenvalue weighted by Crippen LogP contribution is -2.42. The van der Waals surface area contributed by atoms with Crippen molar-refractivity contribution in [3.8, 4) is 0 Å². The number of rotatable bonds is 6. The number of hydrogen-bond acceptors (Lipinski definition) is 4. The van der Waals surface area contributed by atoms with Crippen molar-refractivity contribution in [2.45, 2.75) is 19.5 Å². The summed E-state index contributed by atoms with van der Waals surface area (Å²) in [5, 5.41) is 3.43. The number of aryl methyl sites for hydroxylation is 1. The molecule has 1 aromatic heterocycles. The summed E-state index contributed by atoms with van der Waals surface area (Å²) in [5.41, 5.74) is 0.995. The van der Waals surface area contributed by atoms with Crippen molar-refractivity contribution in [3.63, 3.8) is 0 Å². The van der Waals surface area contributed by atoms with Gasteiger partial charge in [-0.2, -0.15) is 0 Å². The van der Waals surface area contributed by atoms with E-state index in [9.17, 15) is 4.39 Å². The topological polar surface area (TPSA) is 37.6 Å². The van der Waals surface area contributed by atoms with Crippen LogP contribution in [-0.2, 0) is 11.3 Å². The van der Waals surface area contributed by atoms with Gasteiger partial charge in [-0.3, -0.25) is 4.90 Å². The van der Waals surface area contributed by atoms with Gasteiger partial charge in [0.1, 0.15) is 17.3 Å². The number of halogens is 2. The van der Waals surface area contributed by atoms with E-state index in [-0.39, 0.29) is 24.3 Å². The largest absolute Gasteiger partial charge is 0.465 e. The number of benzene rings is 1. The fourth-order valence-corrected chi connectivity index (χ4v) is 2.97. The molecule has 0 saturated carbocycles. The normalized spacial score (nSPS) is 16.6. The monoisotopic (exact) mass is 354 g/mol. The van der Waals surface area contributed by atoms with Crippen molar-refractivity contribution >= 4 is 12.4 Å². The molecule has 0 aliphatic carbocycles. The highest BCUT2D eigenvalue weighted by atomic mass is 35.5. The lowest BCUT2D eigenvalue weighted by Gasteiger charge is -2.35. The van der Waals surface area contributed by atoms with Crippen molar-refractivity contribution in [2.75, 3.05) is 32.8 Å². The van der Waals surface area contributed by atoms with Gasteiger partial charge in [0, 0.05) is 25.7 Å². The average molecular weight is 355 g/mol. The Morgan fingerprint density at radius 1 is 1.21 bits per heavy atom. The van der Waals surface area contributed by atoms with Gasteiger partial charge in [0.05, 0.1) is 19.8 Å². The minimum absolute atomic E-state index is 0. The highest BCUT2D eigenvalue weighted by molar-refractivity contribution is 5.85. The number of nitrogens with one attached hydrogen (secondary N) is 1. The van der Waals surface area contributed by atoms with Crippen LogP contribution in [-0.4, -0.2) is 37.7 Å². The van der Waals surface area contributed by atoms with Crippen LogP contribution in [0.15, 0.2) is 40.8 Å². The molecule has 0 bridgehead atoms. The number of hydrogen-bond donors (Lipinski definition) is 1. The van der Waals surface area contributed by atoms with E-state index in [4.69, 9.17) is 9.15 Å². The molecule has 0 spiro atoms. The van der Waals surface area contributed by atoms with E-state index >= 15 is 0 Å². The molecule has 4 nitrogen and oxygen atoms in total. The van der Waals surface area contributed by atoms with Gasteiger partial charge >= 0.3 is 0 Å². The van der Waals surface area contributed by atoms with E-state index in [1.807, 2.05) is 25.1 Å². The van der Waals surface area contributed by atoms with Crippen LogP contribution in [0, 0.1) is 12.7 Å². The van der Waals surface area contributed by atoms with E-state index in [0.717, 1.165) is 49.9 Å². The molecule has 0 radical (unpaired) electrons. The zero-order chi connectivity index (χ0) is 16.1. The Balaban J connectivity index is 0.00000208. The van der Waals surface area contributed by atoms with Crippen LogP contribution in [0.1, 0.15) is 23.1 Å². The Hall–Kier alpha value is -1.40. The van der Waals surface area contributed by atoms with Gasteiger partial charge in [0.2, 0.25) is 0 Å². The van der Waals surface area contributed by atoms with E-state index in [2.05, 4.69) is 10.2 Å². The molecule has 1 fully saturated rings. The molecular weight excluding hydrogens is 331 g/mol. The molecule has 2 aromatic rings. The van der Waals surface area contributed by atoms with E-state index in [1.165, 1.54) is 6.07 Å². The Kier molecular flexibility index (Phi) is 7.24. The van der Waals surface area contributed by atoms with Crippen LogP contribution in [0.5, 0.6) is 0 Å². The van der Waals surface area contributed by atoms with Crippen LogP contribution in [0.4, 0.5) is 4.39 Å². The third-order valence-electron chi connectivity index (χ3n) is 4.15. The highest BCUT2D eigenvalue weighted by Crippen LogP contribution is 2.22. The van der Waals surface area contributed by atoms with Crippen LogP contribution in [0.2, 0.25) is 0 Å². The number of ether oxygens (including phenoxy) is 1. The zero-order valence-electron chi connectivity index (χ0n) is 13.8. The summed E-state index contributed by atoms with van der Waals surface area (Å²) in [5.74, 6) is 1.64. The third-order valence-corrected chi connectivity index (χ3v) is 4.15. The molecule has 6 heteroatoms. The van der Waals surface area contributed by atoms with Crippen LogP contribution in [0.25, 0.3) is 0 Å². The maximum atomic E-state index is 13.6. The Morgan fingerprint density at radius 2 is 2.00 bits per heavy atom. The van der Waals surface area contributed by atoms with Gasteiger partial charge in [-0.1, -0.05) is 12.1 Å². The summed E-state index contributed by atoms with van der Waals surface area (Å²) in [6.07, 6.45) is 0. The average Bonchev–Trinajstić information content (AvgIpc) is 2.98. The van der Waals surface area contributed by atoms with Gasteiger partial charge in [0.25, 0.3) is 0 Å². The summed E-state index contributed by atoms with van der Waals surface area (Å²) in [4.78, 5) is 2.35. The van der Waals surface area contributed by atoms with Crippen molar-refractivity contribution in [2.24, 2.45) is 0 Å². The Morgan fingerprint density at radius 3 is 2.67 bits per heavy atom. The first-order valence-corrected chi connectivity index (χ1v) is 8.05. The summed E-state index contributed by atoms with van der Waals surface area (Å²) < 4.78 is 24.6. The SMILES string of the molecule is Cc1ccc(CNCC(c2cccc(F)c2)N2CCOCC2)o1.Cl. The second-order valence-corrected chi connectivity index (χ2v) is 5.86. The van der Waals surface area contributed by atoms with Gasteiger partial charge in [0.15, 0.2) is 0 Å². The minimum Gasteiger partial charge on any atom is -0.465 e. The molecule has 0 amide bonds. The van der Waals surface area contributed by atoms with E-state index in [1.54, 1.807) is 12.1 Å². The van der Waals surface area contributed by atoms with Crippen molar-refractivity contribution in [3.05, 3.63) is 59.3 Å². The van der Waals surface area contributed by atoms with Crippen molar-refractivity contribution < 1.29 is 13.5 Å². The first-order valence-electron chi connectivity index (χ1n) is 8.05. The molecule has 3 rings (SSSR count). The van der Waals surface area contributed by atoms with Gasteiger partial charge in [-0.15, -0.1) is 12.4 Å². The molecule has 1 aliphatic heterocycles. The Labute approximate surface area is 148 Å². The highest BCUT2D eigenvalue weighted by Gasteiger charge is 2.22. The molecule has 1 aliphatic rings. The lowest BCUT2D eigenvalue weighted by molar-refractivity contribution is 0.0159. The van der Waals surface area contributed by atoms with Gasteiger partial charge < -0.3 is 14.5 Å². The minimum atomic E-state index is -0.192. The molecular formula is C18H24ClFN2O2. The fourth-order valence-electron chi connectivity index (χ4n) is 2.97. The molecule has 1 saturated heterocycles. The standard InChI is InChI=1S/C18H23FN2O2.ClH/c1-14-5-6-17(23-14)12-20-13-18(21-7-9-22-10-8-21)15-3-2-4-16(19)11-15;/h2-6,11,18,20H,7-10,12-13H2,1H3;1H. The maximum Gasteiger partial charge on any atom is 0.123 e. The van der Waals surface area contributed by atoms with Crippen molar-refractivity contribution in [1.29, 1.82) is 0 Å². The molecule has 1 unspecified atom stereocenters. The number of furan rings is 1. The van der Waals surface area contributed by atoms with Crippen LogP contribution >= 0.6 is 12.4 Å². The summed E-state index contributed by atoms with van der Waals surface area (Å²) in [7, 11) is 0. The predicted octanol–water partition coefficient (Wildman–Crippen LogP) is 3.31. The molecule has 1 aromatic carbocycles. The molecule has 2 heterocycles. The lowest BCUT2D eigenvalue weighted by atomic mass is 10.0. The van der Waals surface area contributed by atoms with Crippen LogP contribution < -0.4 is 5.32 Å². The van der Waals surface area contributed by atoms with Gasteiger partial charge in [-0.05, 0) is 36.8 Å². The number of nitrogens with zero attached hydrogens (tertiary/aromatic N) is 1.